The van der Waals surface area contributed by atoms with Crippen molar-refractivity contribution >= 4 is 0 Å². The maximum atomic E-state index is 9.14. The highest BCUT2D eigenvalue weighted by Crippen LogP contribution is 2.26. The summed E-state index contributed by atoms with van der Waals surface area (Å²) in [4.78, 5) is 8.50. The van der Waals surface area contributed by atoms with Crippen LogP contribution in [0, 0.1) is 11.3 Å². The fraction of sp³-hybridized carbons (Fsp3) is 0.0588. The Balaban J connectivity index is 1.97. The van der Waals surface area contributed by atoms with Crippen molar-refractivity contribution in [3.05, 3.63) is 60.8 Å². The lowest BCUT2D eigenvalue weighted by Crippen LogP contribution is -1.94. The fourth-order valence-electron chi connectivity index (χ4n) is 1.97. The normalized spacial score (nSPS) is 10.0. The van der Waals surface area contributed by atoms with Crippen LogP contribution in [0.25, 0.3) is 23.0 Å². The molecule has 0 saturated heterocycles. The summed E-state index contributed by atoms with van der Waals surface area (Å²) < 4.78 is 10.8. The van der Waals surface area contributed by atoms with Gasteiger partial charge in [0.2, 0.25) is 5.82 Å². The van der Waals surface area contributed by atoms with E-state index in [2.05, 4.69) is 27.8 Å². The molecule has 0 unspecified atom stereocenters. The standard InChI is InChI=1S/C17H12N4O2/c1-2-7-22-14-9-12(11-18)8-13(10-14)17-20-16(21-23-17)15-5-3-4-6-19-15/h2-6,8-10H,1,7H2. The lowest BCUT2D eigenvalue weighted by molar-refractivity contribution is 0.363. The number of nitrogens with zero attached hydrogens (tertiary/aromatic N) is 4. The summed E-state index contributed by atoms with van der Waals surface area (Å²) in [6.07, 6.45) is 3.29. The molecule has 6 nitrogen and oxygen atoms in total. The van der Waals surface area contributed by atoms with Crippen molar-refractivity contribution < 1.29 is 9.26 Å². The van der Waals surface area contributed by atoms with Gasteiger partial charge in [-0.2, -0.15) is 10.2 Å². The van der Waals surface area contributed by atoms with Gasteiger partial charge in [0.15, 0.2) is 0 Å². The van der Waals surface area contributed by atoms with Crippen LogP contribution in [0.1, 0.15) is 5.56 Å². The number of hydrogen-bond acceptors (Lipinski definition) is 6. The zero-order chi connectivity index (χ0) is 16.1. The zero-order valence-electron chi connectivity index (χ0n) is 12.1. The van der Waals surface area contributed by atoms with Gasteiger partial charge in [-0.05, 0) is 30.3 Å². The minimum atomic E-state index is 0.297. The van der Waals surface area contributed by atoms with Crippen molar-refractivity contribution in [2.24, 2.45) is 0 Å². The Morgan fingerprint density at radius 3 is 2.96 bits per heavy atom. The van der Waals surface area contributed by atoms with E-state index in [1.165, 1.54) is 0 Å². The summed E-state index contributed by atoms with van der Waals surface area (Å²) in [6, 6.07) is 12.6. The first-order chi connectivity index (χ1) is 11.3. The van der Waals surface area contributed by atoms with Gasteiger partial charge in [-0.15, -0.1) is 0 Å². The molecule has 112 valence electrons. The smallest absolute Gasteiger partial charge is 0.258 e. The Morgan fingerprint density at radius 1 is 1.30 bits per heavy atom. The van der Waals surface area contributed by atoms with Crippen LogP contribution < -0.4 is 4.74 Å². The maximum absolute atomic E-state index is 9.14. The number of hydrogen-bond donors (Lipinski definition) is 0. The molecule has 3 aromatic rings. The SMILES string of the molecule is C=CCOc1cc(C#N)cc(-c2nc(-c3ccccn3)no2)c1. The number of aromatic nitrogens is 3. The maximum Gasteiger partial charge on any atom is 0.258 e. The molecular formula is C17H12N4O2. The molecule has 0 fully saturated rings. The molecule has 0 bridgehead atoms. The Labute approximate surface area is 132 Å². The number of rotatable bonds is 5. The van der Waals surface area contributed by atoms with Crippen molar-refractivity contribution in [2.75, 3.05) is 6.61 Å². The summed E-state index contributed by atoms with van der Waals surface area (Å²) >= 11 is 0. The molecule has 0 amide bonds. The molecule has 0 radical (unpaired) electrons. The summed E-state index contributed by atoms with van der Waals surface area (Å²) in [6.45, 7) is 3.94. The molecular weight excluding hydrogens is 292 g/mol. The van der Waals surface area contributed by atoms with E-state index in [0.717, 1.165) is 0 Å². The third kappa shape index (κ3) is 3.24. The molecule has 0 atom stereocenters. The Hall–Kier alpha value is -3.46. The first kappa shape index (κ1) is 14.5. The van der Waals surface area contributed by atoms with Crippen LogP contribution in [0.5, 0.6) is 5.75 Å². The highest BCUT2D eigenvalue weighted by atomic mass is 16.5. The average molecular weight is 304 g/mol. The molecule has 0 N–H and O–H groups in total. The predicted molar refractivity (Wildman–Crippen MR) is 83.4 cm³/mol. The summed E-state index contributed by atoms with van der Waals surface area (Å²) in [5.74, 6) is 1.22. The topological polar surface area (TPSA) is 84.8 Å². The Morgan fingerprint density at radius 2 is 2.22 bits per heavy atom. The predicted octanol–water partition coefficient (Wildman–Crippen LogP) is 3.24. The monoisotopic (exact) mass is 304 g/mol. The highest BCUT2D eigenvalue weighted by molar-refractivity contribution is 5.61. The van der Waals surface area contributed by atoms with E-state index in [9.17, 15) is 0 Å². The van der Waals surface area contributed by atoms with Gasteiger partial charge in [-0.1, -0.05) is 23.9 Å². The first-order valence-electron chi connectivity index (χ1n) is 6.84. The molecule has 23 heavy (non-hydrogen) atoms. The largest absolute Gasteiger partial charge is 0.489 e. The zero-order valence-corrected chi connectivity index (χ0v) is 12.1. The quantitative estimate of drug-likeness (QED) is 0.673. The van der Waals surface area contributed by atoms with E-state index < -0.39 is 0 Å². The van der Waals surface area contributed by atoms with Gasteiger partial charge in [-0.3, -0.25) is 4.98 Å². The van der Waals surface area contributed by atoms with Gasteiger partial charge >= 0.3 is 0 Å². The molecule has 0 spiro atoms. The molecule has 6 heteroatoms. The minimum absolute atomic E-state index is 0.297. The van der Waals surface area contributed by atoms with Crippen LogP contribution in [0.4, 0.5) is 0 Å². The van der Waals surface area contributed by atoms with E-state index in [0.29, 0.717) is 40.9 Å². The molecule has 0 saturated carbocycles. The molecule has 2 heterocycles. The second-order valence-corrected chi connectivity index (χ2v) is 4.60. The summed E-state index contributed by atoms with van der Waals surface area (Å²) in [5.41, 5.74) is 1.67. The van der Waals surface area contributed by atoms with E-state index in [-0.39, 0.29) is 0 Å². The summed E-state index contributed by atoms with van der Waals surface area (Å²) in [7, 11) is 0. The van der Waals surface area contributed by atoms with Gasteiger partial charge in [0.05, 0.1) is 11.6 Å². The van der Waals surface area contributed by atoms with Crippen molar-refractivity contribution in [2.45, 2.75) is 0 Å². The number of pyridine rings is 1. The van der Waals surface area contributed by atoms with E-state index >= 15 is 0 Å². The van der Waals surface area contributed by atoms with Crippen LogP contribution >= 0.6 is 0 Å². The number of ether oxygens (including phenoxy) is 1. The lowest BCUT2D eigenvalue weighted by Gasteiger charge is -2.05. The first-order valence-corrected chi connectivity index (χ1v) is 6.84. The van der Waals surface area contributed by atoms with Crippen LogP contribution in [0.3, 0.4) is 0 Å². The van der Waals surface area contributed by atoms with Crippen LogP contribution in [0.2, 0.25) is 0 Å². The van der Waals surface area contributed by atoms with Crippen LogP contribution in [-0.2, 0) is 0 Å². The highest BCUT2D eigenvalue weighted by Gasteiger charge is 2.13. The number of nitriles is 1. The van der Waals surface area contributed by atoms with Gasteiger partial charge in [0.1, 0.15) is 18.1 Å². The van der Waals surface area contributed by atoms with Gasteiger partial charge in [-0.25, -0.2) is 0 Å². The average Bonchev–Trinajstić information content (AvgIpc) is 3.10. The minimum Gasteiger partial charge on any atom is -0.489 e. The lowest BCUT2D eigenvalue weighted by atomic mass is 10.1. The summed E-state index contributed by atoms with van der Waals surface area (Å²) in [5, 5.41) is 13.1. The molecule has 2 aromatic heterocycles. The van der Waals surface area contributed by atoms with Crippen molar-refractivity contribution in [1.82, 2.24) is 15.1 Å². The number of benzene rings is 1. The van der Waals surface area contributed by atoms with Crippen LogP contribution in [-0.4, -0.2) is 21.7 Å². The molecule has 0 aliphatic carbocycles. The van der Waals surface area contributed by atoms with Crippen molar-refractivity contribution in [3.63, 3.8) is 0 Å². The van der Waals surface area contributed by atoms with E-state index in [4.69, 9.17) is 14.5 Å². The molecule has 3 rings (SSSR count). The second kappa shape index (κ2) is 6.54. The molecule has 0 aliphatic rings. The Kier molecular flexibility index (Phi) is 4.11. The molecule has 1 aromatic carbocycles. The van der Waals surface area contributed by atoms with Gasteiger partial charge < -0.3 is 9.26 Å². The van der Waals surface area contributed by atoms with Gasteiger partial charge in [0, 0.05) is 11.8 Å². The third-order valence-electron chi connectivity index (χ3n) is 2.97. The van der Waals surface area contributed by atoms with Crippen molar-refractivity contribution in [3.8, 4) is 34.8 Å². The second-order valence-electron chi connectivity index (χ2n) is 4.60. The van der Waals surface area contributed by atoms with Crippen molar-refractivity contribution in [1.29, 1.82) is 5.26 Å². The Bertz CT molecular complexity index is 866. The van der Waals surface area contributed by atoms with E-state index in [1.807, 2.05) is 12.1 Å². The van der Waals surface area contributed by atoms with Crippen LogP contribution in [0.15, 0.2) is 59.8 Å². The van der Waals surface area contributed by atoms with Gasteiger partial charge in [0.25, 0.3) is 5.89 Å². The van der Waals surface area contributed by atoms with E-state index in [1.54, 1.807) is 36.5 Å². The fourth-order valence-corrected chi connectivity index (χ4v) is 1.97. The third-order valence-corrected chi connectivity index (χ3v) is 2.97. The molecule has 0 aliphatic heterocycles.